The number of hydrogen-bond donors (Lipinski definition) is 1. The minimum atomic E-state index is -1.27. The molecule has 0 bridgehead atoms. The van der Waals surface area contributed by atoms with E-state index in [1.165, 1.54) is 12.1 Å². The van der Waals surface area contributed by atoms with E-state index in [-0.39, 0.29) is 32.8 Å². The van der Waals surface area contributed by atoms with E-state index in [1.807, 2.05) is 0 Å². The van der Waals surface area contributed by atoms with Gasteiger partial charge in [0.2, 0.25) is 5.65 Å². The Kier molecular flexibility index (Phi) is 2.26. The first kappa shape index (κ1) is 11.8. The molecule has 1 N–H and O–H groups in total. The van der Waals surface area contributed by atoms with Crippen molar-refractivity contribution in [3.05, 3.63) is 45.3 Å². The number of nitro groups is 1. The molecule has 0 amide bonds. The third-order valence-electron chi connectivity index (χ3n) is 2.76. The van der Waals surface area contributed by atoms with Gasteiger partial charge in [0.1, 0.15) is 11.1 Å². The SMILES string of the molecule is O=C(O)c1cnn2c1n[n+]([O-])c1cc([N+](=O)[O-])ccc12. The molecular weight excluding hydrogens is 270 g/mol. The molecule has 0 fully saturated rings. The number of nitrogens with zero attached hydrogens (tertiary/aromatic N) is 5. The number of aromatic nitrogens is 4. The van der Waals surface area contributed by atoms with Crippen LogP contribution in [0.5, 0.6) is 0 Å². The monoisotopic (exact) mass is 275 g/mol. The molecule has 0 saturated carbocycles. The van der Waals surface area contributed by atoms with Gasteiger partial charge in [-0.2, -0.15) is 5.10 Å². The zero-order valence-electron chi connectivity index (χ0n) is 9.63. The van der Waals surface area contributed by atoms with E-state index in [1.54, 1.807) is 0 Å². The highest BCUT2D eigenvalue weighted by Gasteiger charge is 2.21. The molecule has 0 aliphatic carbocycles. The Labute approximate surface area is 109 Å². The number of carbonyl (C=O) groups is 1. The van der Waals surface area contributed by atoms with Gasteiger partial charge < -0.3 is 10.3 Å². The molecule has 0 saturated heterocycles. The first-order valence-corrected chi connectivity index (χ1v) is 5.28. The predicted molar refractivity (Wildman–Crippen MR) is 63.1 cm³/mol. The molecule has 0 aliphatic rings. The zero-order chi connectivity index (χ0) is 14.4. The fourth-order valence-corrected chi connectivity index (χ4v) is 1.86. The van der Waals surface area contributed by atoms with Crippen LogP contribution in [0.4, 0.5) is 5.69 Å². The van der Waals surface area contributed by atoms with Crippen LogP contribution in [0.25, 0.3) is 16.7 Å². The van der Waals surface area contributed by atoms with Crippen LogP contribution >= 0.6 is 0 Å². The quantitative estimate of drug-likeness (QED) is 0.303. The number of fused-ring (bicyclic) bond motifs is 3. The number of benzene rings is 1. The lowest BCUT2D eigenvalue weighted by Crippen LogP contribution is -2.33. The van der Waals surface area contributed by atoms with Gasteiger partial charge in [0.15, 0.2) is 0 Å². The van der Waals surface area contributed by atoms with Gasteiger partial charge in [-0.3, -0.25) is 10.1 Å². The number of nitro benzene ring substituents is 1. The maximum atomic E-state index is 11.8. The first-order valence-electron chi connectivity index (χ1n) is 5.28. The van der Waals surface area contributed by atoms with Gasteiger partial charge in [-0.25, -0.2) is 9.31 Å². The van der Waals surface area contributed by atoms with Crippen molar-refractivity contribution in [2.24, 2.45) is 0 Å². The smallest absolute Gasteiger partial charge is 0.341 e. The number of carboxylic acid groups (broad SMARTS) is 1. The summed E-state index contributed by atoms with van der Waals surface area (Å²) in [4.78, 5) is 21.2. The van der Waals surface area contributed by atoms with E-state index in [0.29, 0.717) is 0 Å². The van der Waals surface area contributed by atoms with E-state index in [2.05, 4.69) is 10.2 Å². The molecule has 0 radical (unpaired) electrons. The number of aromatic carboxylic acids is 1. The van der Waals surface area contributed by atoms with Crippen LogP contribution in [-0.4, -0.2) is 30.7 Å². The Hall–Kier alpha value is -3.30. The van der Waals surface area contributed by atoms with Crippen molar-refractivity contribution >= 4 is 28.3 Å². The number of non-ortho nitro benzene ring substituents is 1. The molecule has 20 heavy (non-hydrogen) atoms. The van der Waals surface area contributed by atoms with Gasteiger partial charge in [0.25, 0.3) is 11.2 Å². The minimum absolute atomic E-state index is 0.0771. The highest BCUT2D eigenvalue weighted by atomic mass is 16.6. The van der Waals surface area contributed by atoms with Crippen molar-refractivity contribution in [3.63, 3.8) is 0 Å². The number of hydrogen-bond acceptors (Lipinski definition) is 6. The summed E-state index contributed by atoms with van der Waals surface area (Å²) in [5, 5.41) is 38.8. The minimum Gasteiger partial charge on any atom is -0.594 e. The summed E-state index contributed by atoms with van der Waals surface area (Å²) in [5.41, 5.74) is -0.479. The second kappa shape index (κ2) is 3.85. The van der Waals surface area contributed by atoms with Crippen molar-refractivity contribution in [2.45, 2.75) is 0 Å². The van der Waals surface area contributed by atoms with Crippen LogP contribution in [-0.2, 0) is 0 Å². The lowest BCUT2D eigenvalue weighted by Gasteiger charge is -2.01. The molecule has 2 heterocycles. The summed E-state index contributed by atoms with van der Waals surface area (Å²) in [6.07, 6.45) is 1.06. The Bertz CT molecular complexity index is 887. The normalized spacial score (nSPS) is 11.0. The second-order valence-electron chi connectivity index (χ2n) is 3.90. The zero-order valence-corrected chi connectivity index (χ0v) is 9.63. The van der Waals surface area contributed by atoms with E-state index in [9.17, 15) is 20.1 Å². The van der Waals surface area contributed by atoms with Gasteiger partial charge in [0.05, 0.1) is 17.2 Å². The predicted octanol–water partition coefficient (Wildman–Crippen LogP) is 0.122. The lowest BCUT2D eigenvalue weighted by atomic mass is 10.2. The standard InChI is InChI=1S/C10H5N5O5/c16-10(17)6-4-11-13-7-2-1-5(15(19)20)3-8(7)14(18)12-9(6)13/h1-4H,(H,16,17). The van der Waals surface area contributed by atoms with Gasteiger partial charge in [-0.1, -0.05) is 0 Å². The van der Waals surface area contributed by atoms with E-state index in [4.69, 9.17) is 5.11 Å². The molecule has 2 aromatic heterocycles. The fourth-order valence-electron chi connectivity index (χ4n) is 1.86. The summed E-state index contributed by atoms with van der Waals surface area (Å²) < 4.78 is 1.15. The summed E-state index contributed by atoms with van der Waals surface area (Å²) in [6.45, 7) is 0. The largest absolute Gasteiger partial charge is 0.594 e. The van der Waals surface area contributed by atoms with E-state index >= 15 is 0 Å². The van der Waals surface area contributed by atoms with Gasteiger partial charge in [-0.05, 0) is 10.9 Å². The Morgan fingerprint density at radius 3 is 2.85 bits per heavy atom. The highest BCUT2D eigenvalue weighted by molar-refractivity contribution is 5.94. The van der Waals surface area contributed by atoms with Crippen LogP contribution in [0.15, 0.2) is 24.4 Å². The van der Waals surface area contributed by atoms with Crippen molar-refractivity contribution in [1.82, 2.24) is 14.7 Å². The average Bonchev–Trinajstić information content (AvgIpc) is 2.82. The average molecular weight is 275 g/mol. The van der Waals surface area contributed by atoms with Crippen LogP contribution in [0.1, 0.15) is 10.4 Å². The molecule has 0 atom stereocenters. The van der Waals surface area contributed by atoms with Crippen molar-refractivity contribution in [3.8, 4) is 0 Å². The van der Waals surface area contributed by atoms with Crippen molar-refractivity contribution in [1.29, 1.82) is 0 Å². The molecule has 10 nitrogen and oxygen atoms in total. The molecule has 0 aliphatic heterocycles. The Morgan fingerprint density at radius 1 is 1.45 bits per heavy atom. The number of rotatable bonds is 2. The van der Waals surface area contributed by atoms with E-state index in [0.717, 1.165) is 16.8 Å². The van der Waals surface area contributed by atoms with Gasteiger partial charge >= 0.3 is 5.97 Å². The maximum Gasteiger partial charge on any atom is 0.341 e. The van der Waals surface area contributed by atoms with Crippen molar-refractivity contribution < 1.29 is 19.7 Å². The molecular formula is C10H5N5O5. The molecule has 1 aromatic carbocycles. The molecule has 3 aromatic rings. The molecule has 3 rings (SSSR count). The third-order valence-corrected chi connectivity index (χ3v) is 2.76. The lowest BCUT2D eigenvalue weighted by molar-refractivity contribution is -0.640. The Balaban J connectivity index is 2.43. The van der Waals surface area contributed by atoms with Crippen LogP contribution in [0.2, 0.25) is 0 Å². The maximum absolute atomic E-state index is 11.8. The molecule has 0 unspecified atom stereocenters. The number of carboxylic acids is 1. The Morgan fingerprint density at radius 2 is 2.20 bits per heavy atom. The topological polar surface area (TPSA) is 138 Å². The molecule has 0 spiro atoms. The highest BCUT2D eigenvalue weighted by Crippen LogP contribution is 2.19. The molecule has 100 valence electrons. The summed E-state index contributed by atoms with van der Waals surface area (Å²) in [6, 6.07) is 3.57. The van der Waals surface area contributed by atoms with E-state index < -0.39 is 10.9 Å². The van der Waals surface area contributed by atoms with Crippen LogP contribution < -0.4 is 4.85 Å². The summed E-state index contributed by atoms with van der Waals surface area (Å²) in [7, 11) is 0. The third kappa shape index (κ3) is 1.51. The van der Waals surface area contributed by atoms with Crippen molar-refractivity contribution in [2.75, 3.05) is 0 Å². The van der Waals surface area contributed by atoms with Crippen LogP contribution in [0.3, 0.4) is 0 Å². The summed E-state index contributed by atoms with van der Waals surface area (Å²) in [5.74, 6) is -1.27. The van der Waals surface area contributed by atoms with Gasteiger partial charge in [-0.15, -0.1) is 0 Å². The van der Waals surface area contributed by atoms with Gasteiger partial charge in [0, 0.05) is 11.2 Å². The first-order chi connectivity index (χ1) is 9.49. The fraction of sp³-hybridized carbons (Fsp3) is 0. The molecule has 10 heteroatoms. The second-order valence-corrected chi connectivity index (χ2v) is 3.90. The summed E-state index contributed by atoms with van der Waals surface area (Å²) >= 11 is 0. The van der Waals surface area contributed by atoms with Crippen LogP contribution in [0, 0.1) is 15.3 Å².